The predicted molar refractivity (Wildman–Crippen MR) is 111 cm³/mol. The quantitative estimate of drug-likeness (QED) is 0.614. The molecule has 30 heavy (non-hydrogen) atoms. The molecule has 0 aromatic heterocycles. The van der Waals surface area contributed by atoms with E-state index >= 15 is 0 Å². The van der Waals surface area contributed by atoms with Gasteiger partial charge in [0.05, 0.1) is 0 Å². The Hall–Kier alpha value is -4.00. The van der Waals surface area contributed by atoms with Gasteiger partial charge in [-0.15, -0.1) is 0 Å². The summed E-state index contributed by atoms with van der Waals surface area (Å²) in [5.74, 6) is -1.81. The van der Waals surface area contributed by atoms with Crippen LogP contribution in [0.4, 0.5) is 15.8 Å². The number of halogens is 1. The first-order valence-corrected chi connectivity index (χ1v) is 9.32. The lowest BCUT2D eigenvalue weighted by Crippen LogP contribution is -2.42. The van der Waals surface area contributed by atoms with Crippen LogP contribution in [-0.2, 0) is 9.59 Å². The molecule has 3 aromatic rings. The number of benzene rings is 3. The molecule has 7 heteroatoms. The van der Waals surface area contributed by atoms with Crippen molar-refractivity contribution < 1.29 is 18.8 Å². The van der Waals surface area contributed by atoms with Crippen LogP contribution in [0.15, 0.2) is 84.9 Å². The monoisotopic (exact) mass is 405 g/mol. The van der Waals surface area contributed by atoms with Gasteiger partial charge in [0.15, 0.2) is 0 Å². The van der Waals surface area contributed by atoms with E-state index in [1.165, 1.54) is 12.1 Å². The summed E-state index contributed by atoms with van der Waals surface area (Å²) < 4.78 is 12.9. The van der Waals surface area contributed by atoms with Gasteiger partial charge in [-0.3, -0.25) is 30.1 Å². The average molecular weight is 405 g/mol. The molecule has 0 spiro atoms. The highest BCUT2D eigenvalue weighted by molar-refractivity contribution is 6.02. The molecule has 6 nitrogen and oxygen atoms in total. The normalized spacial score (nSPS) is 10.2. The molecule has 152 valence electrons. The second kappa shape index (κ2) is 9.97. The van der Waals surface area contributed by atoms with E-state index in [9.17, 15) is 18.8 Å². The Morgan fingerprint density at radius 2 is 1.23 bits per heavy atom. The Bertz CT molecular complexity index is 969. The fourth-order valence-electron chi connectivity index (χ4n) is 2.79. The number of rotatable bonds is 6. The third-order valence-corrected chi connectivity index (χ3v) is 4.27. The zero-order valence-electron chi connectivity index (χ0n) is 16.0. The van der Waals surface area contributed by atoms with Gasteiger partial charge in [-0.2, -0.15) is 0 Å². The maximum absolute atomic E-state index is 12.9. The third-order valence-electron chi connectivity index (χ3n) is 4.27. The Morgan fingerprint density at radius 1 is 0.700 bits per heavy atom. The summed E-state index contributed by atoms with van der Waals surface area (Å²) in [6.07, 6.45) is -0.166. The first kappa shape index (κ1) is 20.7. The first-order valence-electron chi connectivity index (χ1n) is 9.32. The molecular weight excluding hydrogens is 385 g/mol. The summed E-state index contributed by atoms with van der Waals surface area (Å²) in [7, 11) is 0. The van der Waals surface area contributed by atoms with Gasteiger partial charge in [-0.25, -0.2) is 4.39 Å². The van der Waals surface area contributed by atoms with E-state index in [1.54, 1.807) is 4.90 Å². The molecule has 0 fully saturated rings. The summed E-state index contributed by atoms with van der Waals surface area (Å²) in [6, 6.07) is 23.2. The minimum atomic E-state index is -0.579. The van der Waals surface area contributed by atoms with Gasteiger partial charge in [0.25, 0.3) is 5.91 Å². The van der Waals surface area contributed by atoms with Crippen molar-refractivity contribution in [3.05, 3.63) is 96.3 Å². The lowest BCUT2D eigenvalue weighted by Gasteiger charge is -2.23. The Balaban J connectivity index is 1.58. The zero-order valence-corrected chi connectivity index (χ0v) is 16.0. The van der Waals surface area contributed by atoms with E-state index in [1.807, 2.05) is 60.7 Å². The molecule has 2 N–H and O–H groups in total. The molecule has 3 rings (SSSR count). The fraction of sp³-hybridized carbons (Fsp3) is 0.0870. The molecule has 0 aliphatic carbocycles. The molecule has 0 saturated heterocycles. The van der Waals surface area contributed by atoms with Gasteiger partial charge < -0.3 is 0 Å². The van der Waals surface area contributed by atoms with Gasteiger partial charge in [0.1, 0.15) is 5.82 Å². The van der Waals surface area contributed by atoms with Gasteiger partial charge in [-0.05, 0) is 48.5 Å². The van der Waals surface area contributed by atoms with E-state index in [0.717, 1.165) is 12.1 Å². The number of amides is 3. The summed E-state index contributed by atoms with van der Waals surface area (Å²) in [5, 5.41) is 0. The highest BCUT2D eigenvalue weighted by Gasteiger charge is 2.19. The van der Waals surface area contributed by atoms with Crippen LogP contribution in [0, 0.1) is 5.82 Å². The largest absolute Gasteiger partial charge is 0.281 e. The minimum Gasteiger partial charge on any atom is -0.281 e. The molecule has 3 amide bonds. The molecule has 0 atom stereocenters. The highest BCUT2D eigenvalue weighted by atomic mass is 19.1. The van der Waals surface area contributed by atoms with E-state index in [0.29, 0.717) is 11.4 Å². The molecule has 3 aromatic carbocycles. The lowest BCUT2D eigenvalue weighted by molar-refractivity contribution is -0.125. The number of carbonyl (C=O) groups excluding carboxylic acids is 3. The summed E-state index contributed by atoms with van der Waals surface area (Å²) in [5.41, 5.74) is 6.10. The van der Waals surface area contributed by atoms with Crippen LogP contribution >= 0.6 is 0 Å². The van der Waals surface area contributed by atoms with Crippen LogP contribution in [0.3, 0.4) is 0 Å². The number of nitrogens with zero attached hydrogens (tertiary/aromatic N) is 1. The molecule has 0 unspecified atom stereocenters. The summed E-state index contributed by atoms with van der Waals surface area (Å²) in [4.78, 5) is 38.4. The second-order valence-corrected chi connectivity index (χ2v) is 6.41. The number of nitrogens with one attached hydrogen (secondary N) is 2. The van der Waals surface area contributed by atoms with Crippen molar-refractivity contribution in [2.75, 3.05) is 4.90 Å². The standard InChI is InChI=1S/C23H20FN3O3/c24-18-13-11-17(12-14-18)23(30)26-25-21(28)15-16-22(29)27(19-7-3-1-4-8-19)20-9-5-2-6-10-20/h1-14H,15-16H2,(H,25,28)(H,26,30). The van der Waals surface area contributed by atoms with Gasteiger partial charge in [0, 0.05) is 29.8 Å². The number of anilines is 2. The number of hydrogen-bond donors (Lipinski definition) is 2. The van der Waals surface area contributed by atoms with Crippen molar-refractivity contribution in [3.8, 4) is 0 Å². The van der Waals surface area contributed by atoms with Gasteiger partial charge in [0.2, 0.25) is 11.8 Å². The fourth-order valence-corrected chi connectivity index (χ4v) is 2.79. The first-order chi connectivity index (χ1) is 14.5. The average Bonchev–Trinajstić information content (AvgIpc) is 2.78. The summed E-state index contributed by atoms with van der Waals surface area (Å²) >= 11 is 0. The van der Waals surface area contributed by atoms with Crippen molar-refractivity contribution in [2.45, 2.75) is 12.8 Å². The van der Waals surface area contributed by atoms with Crippen LogP contribution in [0.25, 0.3) is 0 Å². The van der Waals surface area contributed by atoms with Crippen molar-refractivity contribution in [3.63, 3.8) is 0 Å². The van der Waals surface area contributed by atoms with Crippen molar-refractivity contribution in [1.82, 2.24) is 10.9 Å². The topological polar surface area (TPSA) is 78.5 Å². The van der Waals surface area contributed by atoms with Crippen molar-refractivity contribution in [1.29, 1.82) is 0 Å². The third kappa shape index (κ3) is 5.51. The molecular formula is C23H20FN3O3. The van der Waals surface area contributed by atoms with Crippen LogP contribution in [-0.4, -0.2) is 17.7 Å². The van der Waals surface area contributed by atoms with E-state index in [4.69, 9.17) is 0 Å². The number of hydrazine groups is 1. The van der Waals surface area contributed by atoms with Gasteiger partial charge >= 0.3 is 0 Å². The van der Waals surface area contributed by atoms with Crippen LogP contribution in [0.1, 0.15) is 23.2 Å². The number of carbonyl (C=O) groups is 3. The number of hydrogen-bond acceptors (Lipinski definition) is 3. The number of para-hydroxylation sites is 2. The van der Waals surface area contributed by atoms with Crippen LogP contribution in [0.2, 0.25) is 0 Å². The van der Waals surface area contributed by atoms with Crippen LogP contribution in [0.5, 0.6) is 0 Å². The smallest absolute Gasteiger partial charge is 0.269 e. The zero-order chi connectivity index (χ0) is 21.3. The Labute approximate surface area is 173 Å². The van der Waals surface area contributed by atoms with E-state index < -0.39 is 17.6 Å². The minimum absolute atomic E-state index is 0.0535. The molecule has 0 heterocycles. The molecule has 0 saturated carbocycles. The molecule has 0 radical (unpaired) electrons. The molecule has 0 bridgehead atoms. The lowest BCUT2D eigenvalue weighted by atomic mass is 10.2. The predicted octanol–water partition coefficient (Wildman–Crippen LogP) is 3.73. The Kier molecular flexibility index (Phi) is 6.89. The maximum atomic E-state index is 12.9. The highest BCUT2D eigenvalue weighted by Crippen LogP contribution is 2.26. The van der Waals surface area contributed by atoms with Crippen molar-refractivity contribution >= 4 is 29.1 Å². The second-order valence-electron chi connectivity index (χ2n) is 6.41. The Morgan fingerprint density at radius 3 is 1.77 bits per heavy atom. The van der Waals surface area contributed by atoms with Gasteiger partial charge in [-0.1, -0.05) is 36.4 Å². The van der Waals surface area contributed by atoms with E-state index in [-0.39, 0.29) is 24.3 Å². The molecule has 0 aliphatic rings. The van der Waals surface area contributed by atoms with Crippen LogP contribution < -0.4 is 15.8 Å². The van der Waals surface area contributed by atoms with E-state index in [2.05, 4.69) is 10.9 Å². The maximum Gasteiger partial charge on any atom is 0.269 e. The van der Waals surface area contributed by atoms with Crippen molar-refractivity contribution in [2.24, 2.45) is 0 Å². The molecule has 0 aliphatic heterocycles. The summed E-state index contributed by atoms with van der Waals surface area (Å²) in [6.45, 7) is 0. The SMILES string of the molecule is O=C(CCC(=O)N(c1ccccc1)c1ccccc1)NNC(=O)c1ccc(F)cc1.